The predicted octanol–water partition coefficient (Wildman–Crippen LogP) is 1.59. The second kappa shape index (κ2) is 4.33. The third-order valence-electron chi connectivity index (χ3n) is 2.38. The molecule has 0 unspecified atom stereocenters. The van der Waals surface area contributed by atoms with E-state index in [0.717, 1.165) is 32.4 Å². The van der Waals surface area contributed by atoms with Crippen molar-refractivity contribution in [3.05, 3.63) is 0 Å². The average Bonchev–Trinajstić information content (AvgIpc) is 2.56. The molecule has 1 atom stereocenters. The molecule has 0 spiro atoms. The van der Waals surface area contributed by atoms with Crippen LogP contribution in [0.15, 0.2) is 0 Å². The van der Waals surface area contributed by atoms with Gasteiger partial charge in [0, 0.05) is 19.1 Å². The molecule has 0 saturated carbocycles. The second-order valence-electron chi connectivity index (χ2n) is 3.45. The fourth-order valence-electron chi connectivity index (χ4n) is 1.32. The van der Waals surface area contributed by atoms with Crippen LogP contribution in [0.1, 0.15) is 33.1 Å². The van der Waals surface area contributed by atoms with Gasteiger partial charge in [-0.2, -0.15) is 0 Å². The van der Waals surface area contributed by atoms with Crippen LogP contribution in [0.2, 0.25) is 0 Å². The minimum Gasteiger partial charge on any atom is -0.336 e. The predicted molar refractivity (Wildman–Crippen MR) is 49.1 cm³/mol. The van der Waals surface area contributed by atoms with Crippen LogP contribution < -0.4 is 5.32 Å². The minimum absolute atomic E-state index is 0.113. The van der Waals surface area contributed by atoms with Crippen molar-refractivity contribution in [2.75, 3.05) is 13.1 Å². The minimum atomic E-state index is 0.113. The van der Waals surface area contributed by atoms with Gasteiger partial charge in [-0.1, -0.05) is 6.92 Å². The first-order valence-electron chi connectivity index (χ1n) is 4.79. The summed E-state index contributed by atoms with van der Waals surface area (Å²) < 4.78 is 0. The highest BCUT2D eigenvalue weighted by Crippen LogP contribution is 2.07. The Bertz CT molecular complexity index is 153. The Kier molecular flexibility index (Phi) is 3.38. The Morgan fingerprint density at radius 1 is 1.50 bits per heavy atom. The summed E-state index contributed by atoms with van der Waals surface area (Å²) in [5.41, 5.74) is 0. The first kappa shape index (κ1) is 9.36. The molecule has 1 N–H and O–H groups in total. The SMILES string of the molecule is CC[C@H](C)NC(=O)N1CCCC1. The molecule has 1 fully saturated rings. The standard InChI is InChI=1S/C9H18N2O/c1-3-8(2)10-9(12)11-6-4-5-7-11/h8H,3-7H2,1-2H3,(H,10,12)/t8-/m0/s1. The summed E-state index contributed by atoms with van der Waals surface area (Å²) in [5, 5.41) is 2.96. The Morgan fingerprint density at radius 3 is 2.58 bits per heavy atom. The number of hydrogen-bond acceptors (Lipinski definition) is 1. The highest BCUT2D eigenvalue weighted by atomic mass is 16.2. The number of rotatable bonds is 2. The molecule has 3 nitrogen and oxygen atoms in total. The number of likely N-dealkylation sites (tertiary alicyclic amines) is 1. The fraction of sp³-hybridized carbons (Fsp3) is 0.889. The maximum Gasteiger partial charge on any atom is 0.317 e. The lowest BCUT2D eigenvalue weighted by Gasteiger charge is -2.19. The molecule has 70 valence electrons. The van der Waals surface area contributed by atoms with E-state index in [4.69, 9.17) is 0 Å². The van der Waals surface area contributed by atoms with Gasteiger partial charge in [-0.3, -0.25) is 0 Å². The van der Waals surface area contributed by atoms with Crippen LogP contribution in [0.5, 0.6) is 0 Å². The number of amides is 2. The summed E-state index contributed by atoms with van der Waals surface area (Å²) >= 11 is 0. The van der Waals surface area contributed by atoms with Crippen molar-refractivity contribution in [1.82, 2.24) is 10.2 Å². The van der Waals surface area contributed by atoms with E-state index >= 15 is 0 Å². The second-order valence-corrected chi connectivity index (χ2v) is 3.45. The van der Waals surface area contributed by atoms with E-state index < -0.39 is 0 Å². The van der Waals surface area contributed by atoms with Crippen LogP contribution in [0.4, 0.5) is 4.79 Å². The highest BCUT2D eigenvalue weighted by molar-refractivity contribution is 5.74. The van der Waals surface area contributed by atoms with E-state index in [9.17, 15) is 4.79 Å². The molecule has 0 aromatic heterocycles. The summed E-state index contributed by atoms with van der Waals surface area (Å²) in [5.74, 6) is 0. The molecule has 1 heterocycles. The van der Waals surface area contributed by atoms with Crippen LogP contribution in [-0.4, -0.2) is 30.1 Å². The quantitative estimate of drug-likeness (QED) is 0.670. The van der Waals surface area contributed by atoms with Gasteiger partial charge < -0.3 is 10.2 Å². The van der Waals surface area contributed by atoms with Crippen molar-refractivity contribution >= 4 is 6.03 Å². The molecule has 3 heteroatoms. The summed E-state index contributed by atoms with van der Waals surface area (Å²) in [4.78, 5) is 13.3. The number of carbonyl (C=O) groups is 1. The molecule has 1 rings (SSSR count). The molecule has 0 bridgehead atoms. The third-order valence-corrected chi connectivity index (χ3v) is 2.38. The molecule has 1 saturated heterocycles. The third kappa shape index (κ3) is 2.40. The zero-order valence-corrected chi connectivity index (χ0v) is 7.97. The van der Waals surface area contributed by atoms with E-state index in [1.54, 1.807) is 0 Å². The lowest BCUT2D eigenvalue weighted by atomic mass is 10.3. The number of urea groups is 1. The Balaban J connectivity index is 2.27. The molecular weight excluding hydrogens is 152 g/mol. The number of nitrogens with zero attached hydrogens (tertiary/aromatic N) is 1. The van der Waals surface area contributed by atoms with E-state index in [1.807, 2.05) is 11.8 Å². The van der Waals surface area contributed by atoms with Gasteiger partial charge in [0.05, 0.1) is 0 Å². The van der Waals surface area contributed by atoms with Gasteiger partial charge in [-0.15, -0.1) is 0 Å². The summed E-state index contributed by atoms with van der Waals surface area (Å²) in [7, 11) is 0. The van der Waals surface area contributed by atoms with Gasteiger partial charge in [-0.05, 0) is 26.2 Å². The van der Waals surface area contributed by atoms with Crippen molar-refractivity contribution in [3.63, 3.8) is 0 Å². The van der Waals surface area contributed by atoms with Crippen molar-refractivity contribution in [1.29, 1.82) is 0 Å². The number of carbonyl (C=O) groups excluding carboxylic acids is 1. The lowest BCUT2D eigenvalue weighted by Crippen LogP contribution is -2.42. The molecule has 2 amide bonds. The van der Waals surface area contributed by atoms with Crippen LogP contribution in [0.25, 0.3) is 0 Å². The Morgan fingerprint density at radius 2 is 2.08 bits per heavy atom. The van der Waals surface area contributed by atoms with Gasteiger partial charge >= 0.3 is 6.03 Å². The molecule has 1 aliphatic rings. The topological polar surface area (TPSA) is 32.3 Å². The maximum atomic E-state index is 11.4. The van der Waals surface area contributed by atoms with Crippen LogP contribution in [-0.2, 0) is 0 Å². The van der Waals surface area contributed by atoms with Crippen molar-refractivity contribution in [3.8, 4) is 0 Å². The van der Waals surface area contributed by atoms with Gasteiger partial charge in [0.1, 0.15) is 0 Å². The normalized spacial score (nSPS) is 19.3. The summed E-state index contributed by atoms with van der Waals surface area (Å²) in [6.45, 7) is 5.98. The molecule has 0 aliphatic carbocycles. The molecule has 0 aromatic rings. The maximum absolute atomic E-state index is 11.4. The molecule has 0 radical (unpaired) electrons. The summed E-state index contributed by atoms with van der Waals surface area (Å²) in [6.07, 6.45) is 3.32. The Hall–Kier alpha value is -0.730. The zero-order valence-electron chi connectivity index (χ0n) is 7.97. The van der Waals surface area contributed by atoms with Gasteiger partial charge in [-0.25, -0.2) is 4.79 Å². The molecular formula is C9H18N2O. The number of hydrogen-bond donors (Lipinski definition) is 1. The largest absolute Gasteiger partial charge is 0.336 e. The average molecular weight is 170 g/mol. The van der Waals surface area contributed by atoms with Crippen molar-refractivity contribution in [2.45, 2.75) is 39.2 Å². The Labute approximate surface area is 74.1 Å². The smallest absolute Gasteiger partial charge is 0.317 e. The van der Waals surface area contributed by atoms with Gasteiger partial charge in [0.25, 0.3) is 0 Å². The number of nitrogens with one attached hydrogen (secondary N) is 1. The monoisotopic (exact) mass is 170 g/mol. The van der Waals surface area contributed by atoms with Crippen molar-refractivity contribution < 1.29 is 4.79 Å². The first-order chi connectivity index (χ1) is 5.74. The summed E-state index contributed by atoms with van der Waals surface area (Å²) in [6, 6.07) is 0.417. The van der Waals surface area contributed by atoms with Crippen LogP contribution in [0, 0.1) is 0 Å². The van der Waals surface area contributed by atoms with E-state index in [1.165, 1.54) is 0 Å². The van der Waals surface area contributed by atoms with Gasteiger partial charge in [0.15, 0.2) is 0 Å². The van der Waals surface area contributed by atoms with E-state index in [2.05, 4.69) is 12.2 Å². The zero-order chi connectivity index (χ0) is 8.97. The highest BCUT2D eigenvalue weighted by Gasteiger charge is 2.18. The molecule has 12 heavy (non-hydrogen) atoms. The van der Waals surface area contributed by atoms with E-state index in [0.29, 0.717) is 6.04 Å². The van der Waals surface area contributed by atoms with Crippen molar-refractivity contribution in [2.24, 2.45) is 0 Å². The fourth-order valence-corrected chi connectivity index (χ4v) is 1.32. The molecule has 1 aliphatic heterocycles. The lowest BCUT2D eigenvalue weighted by molar-refractivity contribution is 0.205. The first-order valence-corrected chi connectivity index (χ1v) is 4.79. The van der Waals surface area contributed by atoms with Crippen LogP contribution >= 0.6 is 0 Å². The van der Waals surface area contributed by atoms with Gasteiger partial charge in [0.2, 0.25) is 0 Å². The van der Waals surface area contributed by atoms with E-state index in [-0.39, 0.29) is 6.03 Å². The molecule has 0 aromatic carbocycles. The van der Waals surface area contributed by atoms with Crippen LogP contribution in [0.3, 0.4) is 0 Å².